The van der Waals surface area contributed by atoms with Gasteiger partial charge in [0, 0.05) is 20.6 Å². The fourth-order valence-corrected chi connectivity index (χ4v) is 3.56. The molecule has 27 heavy (non-hydrogen) atoms. The van der Waals surface area contributed by atoms with Gasteiger partial charge in [0.1, 0.15) is 5.82 Å². The lowest BCUT2D eigenvalue weighted by molar-refractivity contribution is 0.330. The lowest BCUT2D eigenvalue weighted by Gasteiger charge is -2.21. The molecule has 1 aromatic carbocycles. The van der Waals surface area contributed by atoms with Gasteiger partial charge in [-0.2, -0.15) is 0 Å². The summed E-state index contributed by atoms with van der Waals surface area (Å²) in [5, 5.41) is 3.47. The minimum absolute atomic E-state index is 0.695. The largest absolute Gasteiger partial charge is 0.356 e. The summed E-state index contributed by atoms with van der Waals surface area (Å²) in [4.78, 5) is 17.0. The minimum atomic E-state index is 0.695. The van der Waals surface area contributed by atoms with Crippen LogP contribution in [-0.2, 0) is 6.54 Å². The highest BCUT2D eigenvalue weighted by molar-refractivity contribution is 5.79. The highest BCUT2D eigenvalue weighted by Gasteiger charge is 2.11. The summed E-state index contributed by atoms with van der Waals surface area (Å²) in [6, 6.07) is 10.3. The summed E-state index contributed by atoms with van der Waals surface area (Å²) in [5.74, 6) is 1.85. The first-order chi connectivity index (χ1) is 13.3. The number of rotatable bonds is 8. The van der Waals surface area contributed by atoms with E-state index in [0.29, 0.717) is 6.54 Å². The molecule has 146 valence electrons. The second-order valence-electron chi connectivity index (χ2n) is 7.20. The van der Waals surface area contributed by atoms with E-state index in [2.05, 4.69) is 42.2 Å². The Hall–Kier alpha value is -2.34. The van der Waals surface area contributed by atoms with Crippen LogP contribution in [0.2, 0.25) is 0 Å². The number of nitrogens with zero attached hydrogens (tertiary/aromatic N) is 4. The van der Waals surface area contributed by atoms with E-state index in [-0.39, 0.29) is 0 Å². The summed E-state index contributed by atoms with van der Waals surface area (Å²) in [6.45, 7) is 5.45. The molecular formula is C21H32N6. The van der Waals surface area contributed by atoms with E-state index >= 15 is 0 Å². The van der Waals surface area contributed by atoms with E-state index < -0.39 is 0 Å². The van der Waals surface area contributed by atoms with Gasteiger partial charge in [-0.3, -0.25) is 4.99 Å². The number of unbranched alkanes of at least 4 members (excludes halogenated alkanes) is 1. The van der Waals surface area contributed by atoms with E-state index in [1.807, 2.05) is 38.5 Å². The Bertz CT molecular complexity index is 702. The number of aromatic nitrogens is 2. The van der Waals surface area contributed by atoms with Gasteiger partial charge in [0.15, 0.2) is 5.96 Å². The van der Waals surface area contributed by atoms with Gasteiger partial charge >= 0.3 is 0 Å². The van der Waals surface area contributed by atoms with Crippen molar-refractivity contribution < 1.29 is 0 Å². The molecule has 2 N–H and O–H groups in total. The zero-order valence-electron chi connectivity index (χ0n) is 16.6. The van der Waals surface area contributed by atoms with Gasteiger partial charge in [0.05, 0.1) is 18.4 Å². The van der Waals surface area contributed by atoms with Crippen molar-refractivity contribution in [3.63, 3.8) is 0 Å². The van der Waals surface area contributed by atoms with E-state index in [4.69, 9.17) is 0 Å². The molecule has 1 saturated heterocycles. The SMILES string of the molecule is CN=C(NCCCCN1CCCC1)N(C)Cc1ncc(-c2ccccc2)[nH]1. The van der Waals surface area contributed by atoms with Gasteiger partial charge in [0.2, 0.25) is 0 Å². The maximum atomic E-state index is 4.52. The monoisotopic (exact) mass is 368 g/mol. The molecule has 6 nitrogen and oxygen atoms in total. The number of aliphatic imine (C=N–C) groups is 1. The highest BCUT2D eigenvalue weighted by atomic mass is 15.3. The fourth-order valence-electron chi connectivity index (χ4n) is 3.56. The first-order valence-electron chi connectivity index (χ1n) is 9.99. The van der Waals surface area contributed by atoms with Crippen molar-refractivity contribution in [3.8, 4) is 11.3 Å². The van der Waals surface area contributed by atoms with Crippen LogP contribution in [0.15, 0.2) is 41.5 Å². The molecule has 1 fully saturated rings. The van der Waals surface area contributed by atoms with Crippen LogP contribution in [0.4, 0.5) is 0 Å². The average Bonchev–Trinajstić information content (AvgIpc) is 3.37. The van der Waals surface area contributed by atoms with Gasteiger partial charge in [-0.05, 0) is 50.9 Å². The first kappa shape index (κ1) is 19.4. The van der Waals surface area contributed by atoms with Crippen molar-refractivity contribution in [1.82, 2.24) is 25.1 Å². The van der Waals surface area contributed by atoms with E-state index in [1.165, 1.54) is 45.3 Å². The fraction of sp³-hybridized carbons (Fsp3) is 0.524. The molecule has 0 atom stereocenters. The molecule has 0 saturated carbocycles. The van der Waals surface area contributed by atoms with Gasteiger partial charge < -0.3 is 20.1 Å². The van der Waals surface area contributed by atoms with Crippen LogP contribution in [-0.4, -0.2) is 66.0 Å². The summed E-state index contributed by atoms with van der Waals surface area (Å²) in [6.07, 6.45) is 7.05. The molecule has 6 heteroatoms. The smallest absolute Gasteiger partial charge is 0.193 e. The molecule has 0 unspecified atom stereocenters. The van der Waals surface area contributed by atoms with Crippen molar-refractivity contribution in [1.29, 1.82) is 0 Å². The topological polar surface area (TPSA) is 59.6 Å². The molecule has 0 spiro atoms. The first-order valence-corrected chi connectivity index (χ1v) is 9.99. The molecule has 0 bridgehead atoms. The Morgan fingerprint density at radius 1 is 1.22 bits per heavy atom. The van der Waals surface area contributed by atoms with Crippen LogP contribution in [0.25, 0.3) is 11.3 Å². The Balaban J connectivity index is 1.42. The number of aromatic amines is 1. The summed E-state index contributed by atoms with van der Waals surface area (Å²) >= 11 is 0. The predicted molar refractivity (Wildman–Crippen MR) is 112 cm³/mol. The van der Waals surface area contributed by atoms with Gasteiger partial charge in [-0.25, -0.2) is 4.98 Å². The number of benzene rings is 1. The lowest BCUT2D eigenvalue weighted by atomic mass is 10.2. The highest BCUT2D eigenvalue weighted by Crippen LogP contribution is 2.16. The number of likely N-dealkylation sites (tertiary alicyclic amines) is 1. The molecule has 2 aromatic rings. The standard InChI is InChI=1S/C21H32N6/c1-22-21(23-12-6-7-13-27-14-8-9-15-27)26(2)17-20-24-16-19(25-20)18-10-4-3-5-11-18/h3-5,10-11,16H,6-9,12-15,17H2,1-2H3,(H,22,23)(H,24,25). The van der Waals surface area contributed by atoms with Crippen LogP contribution in [0.3, 0.4) is 0 Å². The molecule has 0 radical (unpaired) electrons. The number of hydrogen-bond donors (Lipinski definition) is 2. The summed E-state index contributed by atoms with van der Waals surface area (Å²) in [5.41, 5.74) is 2.20. The van der Waals surface area contributed by atoms with Gasteiger partial charge in [-0.1, -0.05) is 30.3 Å². The Morgan fingerprint density at radius 3 is 2.74 bits per heavy atom. The predicted octanol–water partition coefficient (Wildman–Crippen LogP) is 2.96. The van der Waals surface area contributed by atoms with Crippen molar-refractivity contribution >= 4 is 5.96 Å². The normalized spacial score (nSPS) is 15.3. The van der Waals surface area contributed by atoms with Crippen molar-refractivity contribution in [3.05, 3.63) is 42.4 Å². The molecule has 1 aliphatic rings. The van der Waals surface area contributed by atoms with Crippen LogP contribution in [0, 0.1) is 0 Å². The summed E-state index contributed by atoms with van der Waals surface area (Å²) in [7, 11) is 3.88. The quantitative estimate of drug-likeness (QED) is 0.427. The summed E-state index contributed by atoms with van der Waals surface area (Å²) < 4.78 is 0. The maximum absolute atomic E-state index is 4.52. The molecule has 1 aliphatic heterocycles. The lowest BCUT2D eigenvalue weighted by Crippen LogP contribution is -2.39. The number of nitrogens with one attached hydrogen (secondary N) is 2. The molecule has 0 amide bonds. The Morgan fingerprint density at radius 2 is 2.00 bits per heavy atom. The number of imidazole rings is 1. The van der Waals surface area contributed by atoms with E-state index in [0.717, 1.165) is 29.6 Å². The van der Waals surface area contributed by atoms with E-state index in [9.17, 15) is 0 Å². The number of hydrogen-bond acceptors (Lipinski definition) is 3. The second kappa shape index (κ2) is 10.1. The molecule has 3 rings (SSSR count). The Kier molecular flexibility index (Phi) is 7.27. The molecule has 1 aromatic heterocycles. The minimum Gasteiger partial charge on any atom is -0.356 e. The van der Waals surface area contributed by atoms with Gasteiger partial charge in [-0.15, -0.1) is 0 Å². The molecular weight excluding hydrogens is 336 g/mol. The van der Waals surface area contributed by atoms with Crippen molar-refractivity contribution in [2.24, 2.45) is 4.99 Å². The number of H-pyrrole nitrogens is 1. The third kappa shape index (κ3) is 5.82. The third-order valence-corrected chi connectivity index (χ3v) is 5.06. The van der Waals surface area contributed by atoms with Crippen molar-refractivity contribution in [2.45, 2.75) is 32.2 Å². The molecule has 2 heterocycles. The third-order valence-electron chi connectivity index (χ3n) is 5.06. The maximum Gasteiger partial charge on any atom is 0.193 e. The van der Waals surface area contributed by atoms with Gasteiger partial charge in [0.25, 0.3) is 0 Å². The van der Waals surface area contributed by atoms with Crippen LogP contribution >= 0.6 is 0 Å². The zero-order chi connectivity index (χ0) is 18.9. The van der Waals surface area contributed by atoms with Crippen LogP contribution in [0.1, 0.15) is 31.5 Å². The molecule has 0 aliphatic carbocycles. The number of guanidine groups is 1. The zero-order valence-corrected chi connectivity index (χ0v) is 16.6. The van der Waals surface area contributed by atoms with E-state index in [1.54, 1.807) is 0 Å². The second-order valence-corrected chi connectivity index (χ2v) is 7.20. The van der Waals surface area contributed by atoms with Crippen molar-refractivity contribution in [2.75, 3.05) is 40.3 Å². The average molecular weight is 369 g/mol. The van der Waals surface area contributed by atoms with Crippen LogP contribution < -0.4 is 5.32 Å². The Labute approximate surface area is 162 Å². The van der Waals surface area contributed by atoms with Crippen LogP contribution in [0.5, 0.6) is 0 Å².